The predicted molar refractivity (Wildman–Crippen MR) is 60.3 cm³/mol. The Morgan fingerprint density at radius 2 is 2.12 bits per heavy atom. The van der Waals surface area contributed by atoms with Gasteiger partial charge in [-0.2, -0.15) is 0 Å². The number of carboxylic acids is 1. The zero-order chi connectivity index (χ0) is 13.1. The molecule has 0 aromatic carbocycles. The van der Waals surface area contributed by atoms with Crippen LogP contribution in [-0.4, -0.2) is 68.0 Å². The third-order valence-corrected chi connectivity index (χ3v) is 4.39. The Balaban J connectivity index is 2.73. The van der Waals surface area contributed by atoms with E-state index in [-0.39, 0.29) is 36.9 Å². The van der Waals surface area contributed by atoms with Gasteiger partial charge in [-0.25, -0.2) is 8.42 Å². The summed E-state index contributed by atoms with van der Waals surface area (Å²) >= 11 is 0. The highest BCUT2D eigenvalue weighted by Gasteiger charge is 2.33. The summed E-state index contributed by atoms with van der Waals surface area (Å²) in [7, 11) is -1.71. The van der Waals surface area contributed by atoms with E-state index in [2.05, 4.69) is 5.32 Å². The van der Waals surface area contributed by atoms with Crippen LogP contribution in [0, 0.1) is 0 Å². The van der Waals surface area contributed by atoms with Crippen molar-refractivity contribution >= 4 is 21.7 Å². The first-order valence-corrected chi connectivity index (χ1v) is 7.03. The molecule has 1 rings (SSSR count). The number of hydrogen-bond donors (Lipinski definition) is 2. The van der Waals surface area contributed by atoms with E-state index in [1.807, 2.05) is 0 Å². The maximum atomic E-state index is 11.4. The van der Waals surface area contributed by atoms with Crippen LogP contribution in [0.1, 0.15) is 6.42 Å². The number of likely N-dealkylation sites (N-methyl/N-ethyl adjacent to an activating group) is 1. The number of sulfone groups is 1. The van der Waals surface area contributed by atoms with Crippen LogP contribution in [0.15, 0.2) is 0 Å². The van der Waals surface area contributed by atoms with Crippen LogP contribution in [0.4, 0.5) is 0 Å². The topological polar surface area (TPSA) is 104 Å². The molecule has 7 nitrogen and oxygen atoms in total. The molecule has 0 aliphatic carbocycles. The molecular formula is C9H16N2O5S. The minimum absolute atomic E-state index is 0.0277. The molecule has 1 unspecified atom stereocenters. The van der Waals surface area contributed by atoms with Crippen LogP contribution >= 0.6 is 0 Å². The molecular weight excluding hydrogens is 248 g/mol. The van der Waals surface area contributed by atoms with Gasteiger partial charge in [0.05, 0.1) is 24.5 Å². The fraction of sp³-hybridized carbons (Fsp3) is 0.778. The van der Waals surface area contributed by atoms with Gasteiger partial charge in [-0.15, -0.1) is 0 Å². The molecule has 0 saturated carbocycles. The normalized spacial score (nSPS) is 24.2. The van der Waals surface area contributed by atoms with Gasteiger partial charge < -0.3 is 10.4 Å². The van der Waals surface area contributed by atoms with Gasteiger partial charge in [0.2, 0.25) is 5.91 Å². The molecule has 1 saturated heterocycles. The van der Waals surface area contributed by atoms with E-state index in [1.54, 1.807) is 4.90 Å². The molecule has 8 heteroatoms. The zero-order valence-electron chi connectivity index (χ0n) is 9.55. The minimum Gasteiger partial charge on any atom is -0.481 e. The van der Waals surface area contributed by atoms with Crippen LogP contribution in [0.25, 0.3) is 0 Å². The van der Waals surface area contributed by atoms with E-state index in [4.69, 9.17) is 5.11 Å². The van der Waals surface area contributed by atoms with E-state index in [0.29, 0.717) is 0 Å². The molecule has 17 heavy (non-hydrogen) atoms. The fourth-order valence-electron chi connectivity index (χ4n) is 1.78. The highest BCUT2D eigenvalue weighted by molar-refractivity contribution is 7.91. The molecule has 0 spiro atoms. The number of aliphatic carboxylic acids is 1. The highest BCUT2D eigenvalue weighted by Crippen LogP contribution is 2.14. The van der Waals surface area contributed by atoms with Gasteiger partial charge in [-0.1, -0.05) is 0 Å². The monoisotopic (exact) mass is 264 g/mol. The maximum Gasteiger partial charge on any atom is 0.304 e. The van der Waals surface area contributed by atoms with Gasteiger partial charge in [0, 0.05) is 19.6 Å². The first-order chi connectivity index (χ1) is 7.84. The lowest BCUT2D eigenvalue weighted by atomic mass is 10.2. The number of nitrogens with zero attached hydrogens (tertiary/aromatic N) is 1. The second-order valence-corrected chi connectivity index (χ2v) is 6.24. The van der Waals surface area contributed by atoms with Gasteiger partial charge >= 0.3 is 5.97 Å². The number of carbonyl (C=O) groups is 2. The van der Waals surface area contributed by atoms with Crippen LogP contribution in [-0.2, 0) is 19.4 Å². The molecule has 1 fully saturated rings. The number of carbonyl (C=O) groups excluding carboxylic acids is 1. The van der Waals surface area contributed by atoms with Crippen LogP contribution in [0.5, 0.6) is 0 Å². The summed E-state index contributed by atoms with van der Waals surface area (Å²) in [5.41, 5.74) is 0. The van der Waals surface area contributed by atoms with Crippen molar-refractivity contribution in [3.63, 3.8) is 0 Å². The first-order valence-electron chi connectivity index (χ1n) is 5.21. The number of amides is 1. The van der Waals surface area contributed by atoms with Gasteiger partial charge in [-0.3, -0.25) is 14.5 Å². The average Bonchev–Trinajstić information content (AvgIpc) is 2.20. The van der Waals surface area contributed by atoms with Gasteiger partial charge in [-0.05, 0) is 0 Å². The SMILES string of the molecule is CNC(=O)CN1CCS(=O)(=O)CC1CC(=O)O. The Kier molecular flexibility index (Phi) is 4.47. The lowest BCUT2D eigenvalue weighted by Crippen LogP contribution is -2.52. The van der Waals surface area contributed by atoms with Crippen molar-refractivity contribution < 1.29 is 23.1 Å². The Hall–Kier alpha value is -1.15. The highest BCUT2D eigenvalue weighted by atomic mass is 32.2. The summed E-state index contributed by atoms with van der Waals surface area (Å²) < 4.78 is 22.8. The second-order valence-electron chi connectivity index (χ2n) is 4.01. The molecule has 1 aliphatic heterocycles. The fourth-order valence-corrected chi connectivity index (χ4v) is 3.38. The Bertz CT molecular complexity index is 406. The lowest BCUT2D eigenvalue weighted by Gasteiger charge is -2.33. The molecule has 1 aliphatic rings. The third-order valence-electron chi connectivity index (χ3n) is 2.69. The first kappa shape index (κ1) is 13.9. The molecule has 1 atom stereocenters. The molecule has 98 valence electrons. The Labute approximate surface area is 99.7 Å². The van der Waals surface area contributed by atoms with Crippen molar-refractivity contribution in [3.8, 4) is 0 Å². The summed E-state index contributed by atoms with van der Waals surface area (Å²) in [5, 5.41) is 11.2. The van der Waals surface area contributed by atoms with Gasteiger partial charge in [0.1, 0.15) is 0 Å². The minimum atomic E-state index is -3.19. The largest absolute Gasteiger partial charge is 0.481 e. The number of carboxylic acid groups (broad SMARTS) is 1. The summed E-state index contributed by atoms with van der Waals surface area (Å²) in [6, 6.07) is -0.622. The van der Waals surface area contributed by atoms with Crippen molar-refractivity contribution in [2.75, 3.05) is 31.6 Å². The molecule has 2 N–H and O–H groups in total. The Morgan fingerprint density at radius 3 is 2.65 bits per heavy atom. The molecule has 0 aromatic heterocycles. The number of rotatable bonds is 4. The van der Waals surface area contributed by atoms with E-state index in [1.165, 1.54) is 7.05 Å². The van der Waals surface area contributed by atoms with E-state index in [9.17, 15) is 18.0 Å². The zero-order valence-corrected chi connectivity index (χ0v) is 10.4. The molecule has 0 aromatic rings. The molecule has 1 heterocycles. The molecule has 0 radical (unpaired) electrons. The molecule has 1 amide bonds. The van der Waals surface area contributed by atoms with E-state index >= 15 is 0 Å². The van der Waals surface area contributed by atoms with Crippen LogP contribution < -0.4 is 5.32 Å². The van der Waals surface area contributed by atoms with E-state index in [0.717, 1.165) is 0 Å². The lowest BCUT2D eigenvalue weighted by molar-refractivity contribution is -0.138. The quantitative estimate of drug-likeness (QED) is 0.627. The van der Waals surface area contributed by atoms with E-state index < -0.39 is 21.8 Å². The maximum absolute atomic E-state index is 11.4. The number of hydrogen-bond acceptors (Lipinski definition) is 5. The summed E-state index contributed by atoms with van der Waals surface area (Å²) in [5.74, 6) is -1.54. The van der Waals surface area contributed by atoms with Crippen LogP contribution in [0.3, 0.4) is 0 Å². The van der Waals surface area contributed by atoms with Crippen molar-refractivity contribution in [1.82, 2.24) is 10.2 Å². The van der Waals surface area contributed by atoms with Crippen molar-refractivity contribution in [3.05, 3.63) is 0 Å². The smallest absolute Gasteiger partial charge is 0.304 e. The van der Waals surface area contributed by atoms with Gasteiger partial charge in [0.25, 0.3) is 0 Å². The summed E-state index contributed by atoms with van der Waals surface area (Å²) in [6.45, 7) is 0.234. The standard InChI is InChI=1S/C9H16N2O5S/c1-10-8(12)5-11-2-3-17(15,16)6-7(11)4-9(13)14/h7H,2-6H2,1H3,(H,10,12)(H,13,14). The second kappa shape index (κ2) is 5.46. The molecule has 0 bridgehead atoms. The summed E-state index contributed by atoms with van der Waals surface area (Å²) in [4.78, 5) is 23.5. The summed E-state index contributed by atoms with van der Waals surface area (Å²) in [6.07, 6.45) is -0.268. The average molecular weight is 264 g/mol. The number of nitrogens with one attached hydrogen (secondary N) is 1. The third kappa shape index (κ3) is 4.31. The van der Waals surface area contributed by atoms with Crippen molar-refractivity contribution in [1.29, 1.82) is 0 Å². The predicted octanol–water partition coefficient (Wildman–Crippen LogP) is -1.69. The van der Waals surface area contributed by atoms with Gasteiger partial charge in [0.15, 0.2) is 9.84 Å². The van der Waals surface area contributed by atoms with Crippen molar-refractivity contribution in [2.24, 2.45) is 0 Å². The van der Waals surface area contributed by atoms with Crippen molar-refractivity contribution in [2.45, 2.75) is 12.5 Å². The Morgan fingerprint density at radius 1 is 1.47 bits per heavy atom. The van der Waals surface area contributed by atoms with Crippen LogP contribution in [0.2, 0.25) is 0 Å².